The molecule has 0 atom stereocenters. The van der Waals surface area contributed by atoms with Crippen LogP contribution in [0.15, 0.2) is 23.1 Å². The molecule has 0 spiro atoms. The molecule has 1 aliphatic rings. The maximum Gasteiger partial charge on any atom is 0.242 e. The quantitative estimate of drug-likeness (QED) is 0.886. The van der Waals surface area contributed by atoms with Gasteiger partial charge in [-0.05, 0) is 50.9 Å². The molecule has 0 saturated heterocycles. The highest BCUT2D eigenvalue weighted by Gasteiger charge is 2.26. The average Bonchev–Trinajstić information content (AvgIpc) is 2.48. The second-order valence-corrected chi connectivity index (χ2v) is 7.31. The molecule has 2 N–H and O–H groups in total. The number of sulfonamides is 1. The lowest BCUT2D eigenvalue weighted by Crippen LogP contribution is -2.41. The van der Waals surface area contributed by atoms with Gasteiger partial charge in [-0.3, -0.25) is 0 Å². The zero-order valence-electron chi connectivity index (χ0n) is 11.8. The van der Waals surface area contributed by atoms with E-state index >= 15 is 0 Å². The van der Waals surface area contributed by atoms with Crippen LogP contribution in [0, 0.1) is 11.3 Å². The smallest absolute Gasteiger partial charge is 0.242 e. The van der Waals surface area contributed by atoms with Crippen LogP contribution in [-0.4, -0.2) is 27.5 Å². The van der Waals surface area contributed by atoms with Crippen LogP contribution in [-0.2, 0) is 10.0 Å². The Morgan fingerprint density at radius 1 is 1.24 bits per heavy atom. The molecular formula is C14H18ClN3O2S. The Bertz CT molecular complexity index is 647. The van der Waals surface area contributed by atoms with Crippen molar-refractivity contribution in [2.75, 3.05) is 7.05 Å². The van der Waals surface area contributed by atoms with Gasteiger partial charge in [0.05, 0.1) is 16.7 Å². The number of rotatable bonds is 4. The normalized spacial score (nSPS) is 22.7. The number of hydrogen-bond acceptors (Lipinski definition) is 4. The molecule has 21 heavy (non-hydrogen) atoms. The van der Waals surface area contributed by atoms with Gasteiger partial charge in [0.15, 0.2) is 0 Å². The standard InChI is InChI=1S/C14H18ClN3O2S/c1-17-11-3-5-12(6-4-11)18-21(19,20)14-8-10(9-16)2-7-13(14)15/h2,7-8,11-12,17-18H,3-6H2,1H3. The Hall–Kier alpha value is -1.13. The van der Waals surface area contributed by atoms with Crippen LogP contribution in [0.3, 0.4) is 0 Å². The summed E-state index contributed by atoms with van der Waals surface area (Å²) in [4.78, 5) is -0.0287. The van der Waals surface area contributed by atoms with Gasteiger partial charge in [0.1, 0.15) is 4.90 Å². The van der Waals surface area contributed by atoms with Gasteiger partial charge in [0.25, 0.3) is 0 Å². The first-order valence-electron chi connectivity index (χ1n) is 6.85. The molecule has 1 saturated carbocycles. The van der Waals surface area contributed by atoms with E-state index in [-0.39, 0.29) is 21.5 Å². The topological polar surface area (TPSA) is 82.0 Å². The minimum Gasteiger partial charge on any atom is -0.317 e. The fraction of sp³-hybridized carbons (Fsp3) is 0.500. The molecule has 1 aromatic carbocycles. The molecule has 7 heteroatoms. The van der Waals surface area contributed by atoms with E-state index in [1.165, 1.54) is 18.2 Å². The van der Waals surface area contributed by atoms with E-state index in [1.807, 2.05) is 13.1 Å². The van der Waals surface area contributed by atoms with Crippen molar-refractivity contribution in [2.24, 2.45) is 0 Å². The van der Waals surface area contributed by atoms with E-state index in [0.717, 1.165) is 25.7 Å². The number of halogens is 1. The van der Waals surface area contributed by atoms with E-state index in [0.29, 0.717) is 6.04 Å². The van der Waals surface area contributed by atoms with Crippen molar-refractivity contribution >= 4 is 21.6 Å². The number of nitrogens with one attached hydrogen (secondary N) is 2. The first kappa shape index (κ1) is 16.2. The van der Waals surface area contributed by atoms with Gasteiger partial charge >= 0.3 is 0 Å². The predicted molar refractivity (Wildman–Crippen MR) is 81.6 cm³/mol. The number of hydrogen-bond donors (Lipinski definition) is 2. The third kappa shape index (κ3) is 3.95. The highest BCUT2D eigenvalue weighted by molar-refractivity contribution is 7.89. The lowest BCUT2D eigenvalue weighted by molar-refractivity contribution is 0.343. The molecule has 0 heterocycles. The monoisotopic (exact) mass is 327 g/mol. The second kappa shape index (κ2) is 6.75. The Morgan fingerprint density at radius 3 is 2.43 bits per heavy atom. The van der Waals surface area contributed by atoms with E-state index in [1.54, 1.807) is 0 Å². The van der Waals surface area contributed by atoms with Crippen LogP contribution < -0.4 is 10.0 Å². The Morgan fingerprint density at radius 2 is 1.86 bits per heavy atom. The van der Waals surface area contributed by atoms with Crippen molar-refractivity contribution in [3.05, 3.63) is 28.8 Å². The molecule has 0 aliphatic heterocycles. The Balaban J connectivity index is 2.14. The van der Waals surface area contributed by atoms with Crippen molar-refractivity contribution in [3.8, 4) is 6.07 Å². The lowest BCUT2D eigenvalue weighted by atomic mass is 9.92. The molecule has 0 amide bonds. The SMILES string of the molecule is CNC1CCC(NS(=O)(=O)c2cc(C#N)ccc2Cl)CC1. The zero-order valence-corrected chi connectivity index (χ0v) is 13.3. The van der Waals surface area contributed by atoms with Gasteiger partial charge in [0, 0.05) is 12.1 Å². The molecule has 1 fully saturated rings. The number of benzene rings is 1. The highest BCUT2D eigenvalue weighted by Crippen LogP contribution is 2.25. The summed E-state index contributed by atoms with van der Waals surface area (Å²) in [7, 11) is -1.78. The second-order valence-electron chi connectivity index (χ2n) is 5.22. The van der Waals surface area contributed by atoms with Gasteiger partial charge in [-0.1, -0.05) is 11.6 Å². The van der Waals surface area contributed by atoms with Gasteiger partial charge in [0.2, 0.25) is 10.0 Å². The van der Waals surface area contributed by atoms with Gasteiger partial charge in [-0.2, -0.15) is 5.26 Å². The highest BCUT2D eigenvalue weighted by atomic mass is 35.5. The van der Waals surface area contributed by atoms with Crippen LogP contribution in [0.1, 0.15) is 31.2 Å². The third-order valence-corrected chi connectivity index (χ3v) is 5.81. The molecule has 0 unspecified atom stereocenters. The molecule has 1 aromatic rings. The van der Waals surface area contributed by atoms with E-state index in [2.05, 4.69) is 10.0 Å². The van der Waals surface area contributed by atoms with Crippen molar-refractivity contribution in [1.82, 2.24) is 10.0 Å². The van der Waals surface area contributed by atoms with E-state index in [4.69, 9.17) is 16.9 Å². The van der Waals surface area contributed by atoms with Crippen molar-refractivity contribution < 1.29 is 8.42 Å². The summed E-state index contributed by atoms with van der Waals surface area (Å²) in [5.41, 5.74) is 0.277. The number of nitriles is 1. The van der Waals surface area contributed by atoms with Crippen molar-refractivity contribution in [2.45, 2.75) is 42.7 Å². The van der Waals surface area contributed by atoms with Crippen LogP contribution in [0.2, 0.25) is 5.02 Å². The predicted octanol–water partition coefficient (Wildman–Crippen LogP) is 2.02. The molecule has 114 valence electrons. The maximum absolute atomic E-state index is 12.4. The van der Waals surface area contributed by atoms with Crippen LogP contribution in [0.25, 0.3) is 0 Å². The summed E-state index contributed by atoms with van der Waals surface area (Å²) < 4.78 is 27.5. The van der Waals surface area contributed by atoms with Crippen molar-refractivity contribution in [1.29, 1.82) is 5.26 Å². The van der Waals surface area contributed by atoms with Gasteiger partial charge in [-0.25, -0.2) is 13.1 Å². The summed E-state index contributed by atoms with van der Waals surface area (Å²) in [6.07, 6.45) is 3.46. The first-order chi connectivity index (χ1) is 9.96. The van der Waals surface area contributed by atoms with Crippen LogP contribution in [0.5, 0.6) is 0 Å². The zero-order chi connectivity index (χ0) is 15.5. The van der Waals surface area contributed by atoms with Crippen LogP contribution in [0.4, 0.5) is 0 Å². The molecular weight excluding hydrogens is 310 g/mol. The third-order valence-electron chi connectivity index (χ3n) is 3.81. The van der Waals surface area contributed by atoms with Gasteiger partial charge < -0.3 is 5.32 Å². The molecule has 0 bridgehead atoms. The minimum atomic E-state index is -3.70. The lowest BCUT2D eigenvalue weighted by Gasteiger charge is -2.28. The Labute approximate surface area is 130 Å². The van der Waals surface area contributed by atoms with Crippen molar-refractivity contribution in [3.63, 3.8) is 0 Å². The number of nitrogens with zero attached hydrogens (tertiary/aromatic N) is 1. The maximum atomic E-state index is 12.4. The first-order valence-corrected chi connectivity index (χ1v) is 8.71. The summed E-state index contributed by atoms with van der Waals surface area (Å²) in [6, 6.07) is 6.54. The van der Waals surface area contributed by atoms with Gasteiger partial charge in [-0.15, -0.1) is 0 Å². The van der Waals surface area contributed by atoms with E-state index in [9.17, 15) is 8.42 Å². The largest absolute Gasteiger partial charge is 0.317 e. The molecule has 0 radical (unpaired) electrons. The summed E-state index contributed by atoms with van der Waals surface area (Å²) in [6.45, 7) is 0. The summed E-state index contributed by atoms with van der Waals surface area (Å²) in [5, 5.41) is 12.2. The molecule has 0 aromatic heterocycles. The average molecular weight is 328 g/mol. The summed E-state index contributed by atoms with van der Waals surface area (Å²) in [5.74, 6) is 0. The van der Waals surface area contributed by atoms with Crippen LogP contribution >= 0.6 is 11.6 Å². The molecule has 5 nitrogen and oxygen atoms in total. The minimum absolute atomic E-state index is 0.0287. The molecule has 2 rings (SSSR count). The Kier molecular flexibility index (Phi) is 5.22. The van der Waals surface area contributed by atoms with E-state index < -0.39 is 10.0 Å². The fourth-order valence-corrected chi connectivity index (χ4v) is 4.39. The fourth-order valence-electron chi connectivity index (χ4n) is 2.56. The molecule has 1 aliphatic carbocycles. The summed E-state index contributed by atoms with van der Waals surface area (Å²) >= 11 is 5.96.